The van der Waals surface area contributed by atoms with Gasteiger partial charge in [-0.05, 0) is 59.5 Å². The van der Waals surface area contributed by atoms with Gasteiger partial charge in [0, 0.05) is 0 Å². The number of unbranched alkanes of at least 4 members (excludes halogenated alkanes) is 1. The maximum absolute atomic E-state index is 11.6. The van der Waals surface area contributed by atoms with E-state index in [1.54, 1.807) is 6.92 Å². The average Bonchev–Trinajstić information content (AvgIpc) is 2.35. The molecule has 1 heterocycles. The van der Waals surface area contributed by atoms with Crippen LogP contribution in [0.3, 0.4) is 0 Å². The Bertz CT molecular complexity index is 317. The minimum Gasteiger partial charge on any atom is -0.298 e. The lowest BCUT2D eigenvalue weighted by atomic mass is 9.89. The second-order valence-corrected chi connectivity index (χ2v) is 6.11. The molecule has 3 heteroatoms. The first-order valence-corrected chi connectivity index (χ1v) is 7.12. The Morgan fingerprint density at radius 2 is 2.11 bits per heavy atom. The van der Waals surface area contributed by atoms with E-state index in [9.17, 15) is 4.79 Å². The fourth-order valence-corrected chi connectivity index (χ4v) is 2.66. The van der Waals surface area contributed by atoms with Crippen molar-refractivity contribution in [2.75, 3.05) is 13.1 Å². The summed E-state index contributed by atoms with van der Waals surface area (Å²) in [6.45, 7) is 7.76. The number of ketones is 1. The highest BCUT2D eigenvalue weighted by Crippen LogP contribution is 2.23. The number of nitrogens with zero attached hydrogens (tertiary/aromatic N) is 2. The molecule has 1 aliphatic rings. The maximum atomic E-state index is 11.6. The number of piperidine rings is 1. The normalized spacial score (nSPS) is 21.6. The van der Waals surface area contributed by atoms with Gasteiger partial charge in [0.1, 0.15) is 5.78 Å². The number of rotatable bonds is 6. The molecule has 0 spiro atoms. The zero-order valence-electron chi connectivity index (χ0n) is 12.0. The summed E-state index contributed by atoms with van der Waals surface area (Å²) in [5.74, 6) is 0.312. The molecule has 0 aromatic heterocycles. The van der Waals surface area contributed by atoms with Gasteiger partial charge in [-0.3, -0.25) is 9.69 Å². The molecule has 0 aliphatic carbocycles. The van der Waals surface area contributed by atoms with Crippen LogP contribution in [0.1, 0.15) is 59.3 Å². The number of hydrogen-bond donors (Lipinski definition) is 0. The molecule has 0 N–H and O–H groups in total. The molecule has 1 saturated heterocycles. The highest BCUT2D eigenvalue weighted by atomic mass is 16.1. The molecule has 102 valence electrons. The SMILES string of the molecule is CC(=O)C1CCCCN1CCCCC(C)(C)C#N. The van der Waals surface area contributed by atoms with E-state index in [-0.39, 0.29) is 11.5 Å². The van der Waals surface area contributed by atoms with Crippen molar-refractivity contribution in [3.05, 3.63) is 0 Å². The number of carbonyl (C=O) groups is 1. The molecule has 0 aromatic carbocycles. The van der Waals surface area contributed by atoms with E-state index in [0.29, 0.717) is 5.78 Å². The van der Waals surface area contributed by atoms with Crippen molar-refractivity contribution in [1.82, 2.24) is 4.90 Å². The molecular formula is C15H26N2O. The van der Waals surface area contributed by atoms with E-state index in [1.807, 2.05) is 13.8 Å². The first-order valence-electron chi connectivity index (χ1n) is 7.12. The Balaban J connectivity index is 2.29. The maximum Gasteiger partial charge on any atom is 0.146 e. The lowest BCUT2D eigenvalue weighted by Gasteiger charge is -2.34. The van der Waals surface area contributed by atoms with Crippen molar-refractivity contribution in [2.45, 2.75) is 65.3 Å². The Morgan fingerprint density at radius 3 is 2.72 bits per heavy atom. The summed E-state index contributed by atoms with van der Waals surface area (Å²) in [6, 6.07) is 2.49. The third-order valence-electron chi connectivity index (χ3n) is 3.88. The topological polar surface area (TPSA) is 44.1 Å². The Morgan fingerprint density at radius 1 is 1.39 bits per heavy atom. The van der Waals surface area contributed by atoms with Gasteiger partial charge >= 0.3 is 0 Å². The molecule has 18 heavy (non-hydrogen) atoms. The number of likely N-dealkylation sites (tertiary alicyclic amines) is 1. The van der Waals surface area contributed by atoms with Gasteiger partial charge in [-0.25, -0.2) is 0 Å². The first kappa shape index (κ1) is 15.2. The fourth-order valence-electron chi connectivity index (χ4n) is 2.66. The van der Waals surface area contributed by atoms with Crippen molar-refractivity contribution < 1.29 is 4.79 Å². The van der Waals surface area contributed by atoms with Crippen LogP contribution in [0.5, 0.6) is 0 Å². The van der Waals surface area contributed by atoms with Gasteiger partial charge < -0.3 is 0 Å². The van der Waals surface area contributed by atoms with E-state index in [1.165, 1.54) is 12.8 Å². The molecule has 1 unspecified atom stereocenters. The third kappa shape index (κ3) is 4.78. The van der Waals surface area contributed by atoms with Gasteiger partial charge in [0.2, 0.25) is 0 Å². The van der Waals surface area contributed by atoms with Crippen LogP contribution in [-0.2, 0) is 4.79 Å². The summed E-state index contributed by atoms with van der Waals surface area (Å²) in [5, 5.41) is 8.95. The average molecular weight is 250 g/mol. The Kier molecular flexibility index (Phi) is 5.81. The van der Waals surface area contributed by atoms with Crippen LogP contribution in [0.25, 0.3) is 0 Å². The second-order valence-electron chi connectivity index (χ2n) is 6.11. The van der Waals surface area contributed by atoms with Crippen molar-refractivity contribution in [1.29, 1.82) is 5.26 Å². The lowest BCUT2D eigenvalue weighted by molar-refractivity contribution is -0.123. The number of hydrogen-bond acceptors (Lipinski definition) is 3. The van der Waals surface area contributed by atoms with Gasteiger partial charge in [0.05, 0.1) is 17.5 Å². The molecule has 0 saturated carbocycles. The summed E-state index contributed by atoms with van der Waals surface area (Å²) >= 11 is 0. The summed E-state index contributed by atoms with van der Waals surface area (Å²) in [6.07, 6.45) is 6.54. The van der Waals surface area contributed by atoms with Gasteiger partial charge in [0.15, 0.2) is 0 Å². The molecule has 0 bridgehead atoms. The van der Waals surface area contributed by atoms with Gasteiger partial charge in [0.25, 0.3) is 0 Å². The predicted octanol–water partition coefficient (Wildman–Crippen LogP) is 3.15. The van der Waals surface area contributed by atoms with E-state index in [2.05, 4.69) is 11.0 Å². The summed E-state index contributed by atoms with van der Waals surface area (Å²) in [4.78, 5) is 13.9. The monoisotopic (exact) mass is 250 g/mol. The highest BCUT2D eigenvalue weighted by molar-refractivity contribution is 5.81. The molecule has 0 amide bonds. The standard InChI is InChI=1S/C15H26N2O/c1-13(18)14-8-4-6-10-17(14)11-7-5-9-15(2,3)12-16/h14H,4-11H2,1-3H3. The largest absolute Gasteiger partial charge is 0.298 e. The molecular weight excluding hydrogens is 224 g/mol. The fraction of sp³-hybridized carbons (Fsp3) is 0.867. The van der Waals surface area contributed by atoms with Crippen molar-refractivity contribution in [3.63, 3.8) is 0 Å². The zero-order chi connectivity index (χ0) is 13.6. The van der Waals surface area contributed by atoms with E-state index >= 15 is 0 Å². The predicted molar refractivity (Wildman–Crippen MR) is 73.1 cm³/mol. The molecule has 0 radical (unpaired) electrons. The van der Waals surface area contributed by atoms with Crippen LogP contribution in [0.15, 0.2) is 0 Å². The molecule has 1 fully saturated rings. The van der Waals surface area contributed by atoms with E-state index in [0.717, 1.165) is 38.8 Å². The molecule has 3 nitrogen and oxygen atoms in total. The van der Waals surface area contributed by atoms with Gasteiger partial charge in [-0.1, -0.05) is 12.8 Å². The van der Waals surface area contributed by atoms with Crippen LogP contribution >= 0.6 is 0 Å². The summed E-state index contributed by atoms with van der Waals surface area (Å²) in [7, 11) is 0. The van der Waals surface area contributed by atoms with Crippen molar-refractivity contribution in [2.24, 2.45) is 5.41 Å². The van der Waals surface area contributed by atoms with E-state index in [4.69, 9.17) is 5.26 Å². The number of carbonyl (C=O) groups excluding carboxylic acids is 1. The summed E-state index contributed by atoms with van der Waals surface area (Å²) < 4.78 is 0. The first-order chi connectivity index (χ1) is 8.46. The Hall–Kier alpha value is -0.880. The molecule has 1 rings (SSSR count). The molecule has 1 aliphatic heterocycles. The van der Waals surface area contributed by atoms with Crippen LogP contribution in [0.2, 0.25) is 0 Å². The molecule has 1 atom stereocenters. The second kappa shape index (κ2) is 6.89. The number of Topliss-reactive ketones (excluding diaryl/α,β-unsaturated/α-hetero) is 1. The van der Waals surface area contributed by atoms with Gasteiger partial charge in [-0.2, -0.15) is 5.26 Å². The van der Waals surface area contributed by atoms with Crippen LogP contribution in [0.4, 0.5) is 0 Å². The smallest absolute Gasteiger partial charge is 0.146 e. The van der Waals surface area contributed by atoms with Crippen LogP contribution < -0.4 is 0 Å². The third-order valence-corrected chi connectivity index (χ3v) is 3.88. The minimum absolute atomic E-state index is 0.155. The van der Waals surface area contributed by atoms with Crippen molar-refractivity contribution >= 4 is 5.78 Å². The zero-order valence-corrected chi connectivity index (χ0v) is 12.0. The van der Waals surface area contributed by atoms with Crippen LogP contribution in [0, 0.1) is 16.7 Å². The number of nitriles is 1. The van der Waals surface area contributed by atoms with E-state index < -0.39 is 0 Å². The van der Waals surface area contributed by atoms with Gasteiger partial charge in [-0.15, -0.1) is 0 Å². The lowest BCUT2D eigenvalue weighted by Crippen LogP contribution is -2.44. The molecule has 0 aromatic rings. The quantitative estimate of drug-likeness (QED) is 0.680. The highest BCUT2D eigenvalue weighted by Gasteiger charge is 2.25. The Labute approximate surface area is 111 Å². The van der Waals surface area contributed by atoms with Crippen molar-refractivity contribution in [3.8, 4) is 6.07 Å². The van der Waals surface area contributed by atoms with Crippen LogP contribution in [-0.4, -0.2) is 29.8 Å². The summed E-state index contributed by atoms with van der Waals surface area (Å²) in [5.41, 5.74) is -0.206. The minimum atomic E-state index is -0.206.